The zero-order valence-electron chi connectivity index (χ0n) is 46.2. The normalized spacial score (nSPS) is 14.6. The second-order valence-electron chi connectivity index (χ2n) is 20.6. The van der Waals surface area contributed by atoms with Crippen LogP contribution in [0, 0.1) is 0 Å². The summed E-state index contributed by atoms with van der Waals surface area (Å²) < 4.78 is 23.3. The van der Waals surface area contributed by atoms with E-state index in [1.807, 2.05) is 27.2 Å². The van der Waals surface area contributed by atoms with Gasteiger partial charge in [-0.05, 0) is 77.0 Å². The van der Waals surface area contributed by atoms with Crippen LogP contribution in [0.25, 0.3) is 0 Å². The molecule has 3 unspecified atom stereocenters. The predicted molar refractivity (Wildman–Crippen MR) is 302 cm³/mol. The van der Waals surface area contributed by atoms with Gasteiger partial charge < -0.3 is 28.8 Å². The minimum Gasteiger partial charge on any atom is -0.756 e. The standard InChI is InChI=1S/C61H111N2O6P/c1-6-8-10-12-14-16-18-20-22-24-26-27-28-29-30-31-32-33-34-35-37-39-41-43-45-47-49-51-53-55-61(65)62-59(58-69-70(66,67)68-57-56-63(3,4)5)60(64)54-52-50-48-46-44-42-40-38-36-25-23-21-19-17-15-13-11-9-7-2/h8,10,14,16,20,22,26-27,29-30,44,46,52,54,59-60,64H,6-7,9,11-13,15,17-19,21,23-25,28,31-43,45,47-51,53,55-58H2,1-5H3,(H-,62,65,66,67)/b10-8-,16-14-,22-20-,27-26-,30-29-,46-44+,54-52+. The third-order valence-electron chi connectivity index (χ3n) is 12.6. The zero-order chi connectivity index (χ0) is 51.3. The number of nitrogens with zero attached hydrogens (tertiary/aromatic N) is 1. The monoisotopic (exact) mass is 999 g/mol. The number of hydrogen-bond donors (Lipinski definition) is 2. The van der Waals surface area contributed by atoms with Crippen molar-refractivity contribution in [1.29, 1.82) is 0 Å². The maximum atomic E-state index is 13.0. The predicted octanol–water partition coefficient (Wildman–Crippen LogP) is 17.0. The lowest BCUT2D eigenvalue weighted by Crippen LogP contribution is -2.45. The van der Waals surface area contributed by atoms with E-state index in [1.165, 1.54) is 154 Å². The maximum Gasteiger partial charge on any atom is 0.268 e. The SMILES string of the molecule is CC/C=C\C/C=C\C/C=C\C/C=C\C/C=C\CCCCCCCCCCCCCCCC(=O)NC(COP(=O)([O-])OCC[N+](C)(C)C)C(O)/C=C/CC/C=C/CCCCCCCCCCCCCCC. The van der Waals surface area contributed by atoms with Crippen LogP contribution >= 0.6 is 7.82 Å². The van der Waals surface area contributed by atoms with Crippen LogP contribution < -0.4 is 10.2 Å². The third kappa shape index (κ3) is 53.5. The quantitative estimate of drug-likeness (QED) is 0.0272. The Bertz CT molecular complexity index is 1410. The molecule has 70 heavy (non-hydrogen) atoms. The zero-order valence-corrected chi connectivity index (χ0v) is 47.1. The summed E-state index contributed by atoms with van der Waals surface area (Å²) in [4.78, 5) is 25.5. The molecular formula is C61H111N2O6P. The van der Waals surface area contributed by atoms with Crippen LogP contribution in [0.2, 0.25) is 0 Å². The number of unbranched alkanes of at least 4 members (excludes halogenated alkanes) is 27. The summed E-state index contributed by atoms with van der Waals surface area (Å²) in [5, 5.41) is 13.9. The number of quaternary nitrogens is 1. The van der Waals surface area contributed by atoms with E-state index in [0.717, 1.165) is 70.6 Å². The summed E-state index contributed by atoms with van der Waals surface area (Å²) in [6.07, 6.45) is 72.3. The van der Waals surface area contributed by atoms with E-state index >= 15 is 0 Å². The molecule has 8 nitrogen and oxygen atoms in total. The van der Waals surface area contributed by atoms with Crippen molar-refractivity contribution in [2.24, 2.45) is 0 Å². The van der Waals surface area contributed by atoms with Crippen molar-refractivity contribution < 1.29 is 32.9 Å². The number of allylic oxidation sites excluding steroid dienone is 13. The first-order chi connectivity index (χ1) is 34.0. The van der Waals surface area contributed by atoms with Crippen LogP contribution in [0.3, 0.4) is 0 Å². The number of rotatable bonds is 52. The van der Waals surface area contributed by atoms with Crippen LogP contribution in [0.1, 0.15) is 245 Å². The van der Waals surface area contributed by atoms with Gasteiger partial charge in [0, 0.05) is 6.42 Å². The first-order valence-corrected chi connectivity index (χ1v) is 30.4. The van der Waals surface area contributed by atoms with Crippen molar-refractivity contribution in [1.82, 2.24) is 5.32 Å². The number of carbonyl (C=O) groups excluding carboxylic acids is 1. The summed E-state index contributed by atoms with van der Waals surface area (Å²) in [6, 6.07) is -0.909. The number of amides is 1. The molecular weight excluding hydrogens is 888 g/mol. The van der Waals surface area contributed by atoms with Crippen molar-refractivity contribution in [3.05, 3.63) is 85.1 Å². The van der Waals surface area contributed by atoms with Crippen LogP contribution in [0.15, 0.2) is 85.1 Å². The van der Waals surface area contributed by atoms with Crippen LogP contribution in [-0.4, -0.2) is 68.5 Å². The number of nitrogens with one attached hydrogen (secondary N) is 1. The van der Waals surface area contributed by atoms with E-state index in [2.05, 4.69) is 92.1 Å². The highest BCUT2D eigenvalue weighted by atomic mass is 31.2. The van der Waals surface area contributed by atoms with Gasteiger partial charge in [-0.1, -0.05) is 247 Å². The topological polar surface area (TPSA) is 108 Å². The lowest BCUT2D eigenvalue weighted by atomic mass is 10.0. The number of carbonyl (C=O) groups is 1. The molecule has 0 aromatic carbocycles. The van der Waals surface area contributed by atoms with Crippen molar-refractivity contribution in [2.45, 2.75) is 257 Å². The van der Waals surface area contributed by atoms with E-state index in [-0.39, 0.29) is 12.5 Å². The summed E-state index contributed by atoms with van der Waals surface area (Å²) >= 11 is 0. The lowest BCUT2D eigenvalue weighted by Gasteiger charge is -2.29. The minimum absolute atomic E-state index is 0.00938. The molecule has 3 atom stereocenters. The smallest absolute Gasteiger partial charge is 0.268 e. The number of phosphoric acid groups is 1. The Morgan fingerprint density at radius 3 is 1.33 bits per heavy atom. The molecule has 1 amide bonds. The minimum atomic E-state index is -4.61. The Hall–Kier alpha value is -2.32. The molecule has 0 fully saturated rings. The van der Waals surface area contributed by atoms with E-state index in [4.69, 9.17) is 9.05 Å². The van der Waals surface area contributed by atoms with Gasteiger partial charge in [0.1, 0.15) is 13.2 Å². The van der Waals surface area contributed by atoms with Gasteiger partial charge in [-0.2, -0.15) is 0 Å². The highest BCUT2D eigenvalue weighted by Crippen LogP contribution is 2.38. The molecule has 0 aliphatic rings. The van der Waals surface area contributed by atoms with Crippen LogP contribution in [0.5, 0.6) is 0 Å². The molecule has 0 aromatic heterocycles. The summed E-state index contributed by atoms with van der Waals surface area (Å²) in [7, 11) is 1.24. The van der Waals surface area contributed by atoms with Gasteiger partial charge in [-0.3, -0.25) is 9.36 Å². The Kier molecular flexibility index (Phi) is 49.9. The molecule has 0 aliphatic carbocycles. The fourth-order valence-electron chi connectivity index (χ4n) is 8.08. The molecule has 0 saturated heterocycles. The summed E-state index contributed by atoms with van der Waals surface area (Å²) in [5.41, 5.74) is 0. The average Bonchev–Trinajstić information content (AvgIpc) is 3.32. The van der Waals surface area contributed by atoms with Gasteiger partial charge in [0.25, 0.3) is 7.82 Å². The maximum absolute atomic E-state index is 13.0. The van der Waals surface area contributed by atoms with Gasteiger partial charge in [0.2, 0.25) is 5.91 Å². The fourth-order valence-corrected chi connectivity index (χ4v) is 8.80. The lowest BCUT2D eigenvalue weighted by molar-refractivity contribution is -0.870. The van der Waals surface area contributed by atoms with Crippen molar-refractivity contribution in [3.63, 3.8) is 0 Å². The molecule has 2 N–H and O–H groups in total. The number of hydrogen-bond acceptors (Lipinski definition) is 6. The van der Waals surface area contributed by atoms with Gasteiger partial charge in [0.05, 0.1) is 39.9 Å². The number of likely N-dealkylation sites (N-methyl/N-ethyl adjacent to an activating group) is 1. The Labute approximate surface area is 433 Å². The van der Waals surface area contributed by atoms with Gasteiger partial charge in [-0.25, -0.2) is 0 Å². The summed E-state index contributed by atoms with van der Waals surface area (Å²) in [5.74, 6) is -0.210. The largest absolute Gasteiger partial charge is 0.756 e. The van der Waals surface area contributed by atoms with Crippen LogP contribution in [-0.2, 0) is 18.4 Å². The van der Waals surface area contributed by atoms with E-state index in [9.17, 15) is 19.4 Å². The molecule has 0 aliphatic heterocycles. The Balaban J connectivity index is 4.22. The van der Waals surface area contributed by atoms with E-state index in [1.54, 1.807) is 6.08 Å². The van der Waals surface area contributed by atoms with Crippen molar-refractivity contribution >= 4 is 13.7 Å². The molecule has 0 saturated carbocycles. The molecule has 0 bridgehead atoms. The first-order valence-electron chi connectivity index (χ1n) is 28.9. The van der Waals surface area contributed by atoms with Crippen molar-refractivity contribution in [2.75, 3.05) is 40.9 Å². The van der Waals surface area contributed by atoms with E-state index < -0.39 is 26.6 Å². The Morgan fingerprint density at radius 2 is 0.886 bits per heavy atom. The second kappa shape index (κ2) is 51.6. The first kappa shape index (κ1) is 67.7. The summed E-state index contributed by atoms with van der Waals surface area (Å²) in [6.45, 7) is 4.52. The number of phosphoric ester groups is 1. The molecule has 0 radical (unpaired) electrons. The molecule has 406 valence electrons. The van der Waals surface area contributed by atoms with Crippen molar-refractivity contribution in [3.8, 4) is 0 Å². The van der Waals surface area contributed by atoms with Gasteiger partial charge in [0.15, 0.2) is 0 Å². The number of aliphatic hydroxyl groups is 1. The molecule has 9 heteroatoms. The Morgan fingerprint density at radius 1 is 0.514 bits per heavy atom. The molecule has 0 aromatic rings. The highest BCUT2D eigenvalue weighted by molar-refractivity contribution is 7.45. The van der Waals surface area contributed by atoms with Crippen LogP contribution in [0.4, 0.5) is 0 Å². The van der Waals surface area contributed by atoms with Gasteiger partial charge in [-0.15, -0.1) is 0 Å². The molecule has 0 spiro atoms. The fraction of sp³-hybridized carbons (Fsp3) is 0.754. The third-order valence-corrected chi connectivity index (χ3v) is 13.6. The highest BCUT2D eigenvalue weighted by Gasteiger charge is 2.23. The average molecular weight is 1000 g/mol. The second-order valence-corrected chi connectivity index (χ2v) is 22.0. The molecule has 0 heterocycles. The van der Waals surface area contributed by atoms with Gasteiger partial charge >= 0.3 is 0 Å². The number of aliphatic hydroxyl groups excluding tert-OH is 1. The molecule has 0 rings (SSSR count). The van der Waals surface area contributed by atoms with E-state index in [0.29, 0.717) is 17.4 Å².